The second-order valence-electron chi connectivity index (χ2n) is 6.66. The smallest absolute Gasteiger partial charge is 0.107 e. The Labute approximate surface area is 129 Å². The predicted molar refractivity (Wildman–Crippen MR) is 81.6 cm³/mol. The van der Waals surface area contributed by atoms with E-state index in [1.807, 2.05) is 0 Å². The Morgan fingerprint density at radius 2 is 1.79 bits per heavy atom. The van der Waals surface area contributed by atoms with Gasteiger partial charge in [0.15, 0.2) is 0 Å². The SMILES string of the molecule is Br.N#CCc1nc(C23CC4CC(CC(C4)C2)C3)cs1. The van der Waals surface area contributed by atoms with Crippen LogP contribution in [0.15, 0.2) is 5.38 Å². The molecule has 0 spiro atoms. The van der Waals surface area contributed by atoms with Gasteiger partial charge in [0.2, 0.25) is 0 Å². The lowest BCUT2D eigenvalue weighted by Gasteiger charge is -2.56. The summed E-state index contributed by atoms with van der Waals surface area (Å²) in [4.78, 5) is 4.79. The van der Waals surface area contributed by atoms with Crippen LogP contribution in [0, 0.1) is 29.1 Å². The molecule has 0 atom stereocenters. The van der Waals surface area contributed by atoms with Crippen molar-refractivity contribution in [1.82, 2.24) is 4.98 Å². The first-order valence-corrected chi connectivity index (χ1v) is 7.97. The van der Waals surface area contributed by atoms with Crippen molar-refractivity contribution in [2.45, 2.75) is 50.4 Å². The molecule has 2 nitrogen and oxygen atoms in total. The lowest BCUT2D eigenvalue weighted by Crippen LogP contribution is -2.48. The maximum absolute atomic E-state index is 8.78. The Kier molecular flexibility index (Phi) is 3.47. The van der Waals surface area contributed by atoms with Gasteiger partial charge >= 0.3 is 0 Å². The highest BCUT2D eigenvalue weighted by Gasteiger charge is 2.52. The number of hydrogen-bond donors (Lipinski definition) is 0. The third-order valence-corrected chi connectivity index (χ3v) is 6.21. The van der Waals surface area contributed by atoms with E-state index in [0.29, 0.717) is 11.8 Å². The van der Waals surface area contributed by atoms with E-state index >= 15 is 0 Å². The number of thiazole rings is 1. The molecule has 0 N–H and O–H groups in total. The van der Waals surface area contributed by atoms with Crippen molar-refractivity contribution < 1.29 is 0 Å². The molecule has 4 bridgehead atoms. The molecule has 102 valence electrons. The number of rotatable bonds is 2. The van der Waals surface area contributed by atoms with E-state index in [2.05, 4.69) is 11.4 Å². The molecule has 4 heteroatoms. The Bertz CT molecular complexity index is 481. The summed E-state index contributed by atoms with van der Waals surface area (Å²) >= 11 is 1.69. The van der Waals surface area contributed by atoms with E-state index in [4.69, 9.17) is 10.2 Å². The van der Waals surface area contributed by atoms with Gasteiger partial charge in [0.25, 0.3) is 0 Å². The Morgan fingerprint density at radius 3 is 2.32 bits per heavy atom. The first-order valence-electron chi connectivity index (χ1n) is 7.09. The lowest BCUT2D eigenvalue weighted by atomic mass is 9.49. The minimum Gasteiger partial charge on any atom is -0.245 e. The van der Waals surface area contributed by atoms with Gasteiger partial charge in [-0.15, -0.1) is 28.3 Å². The molecule has 5 rings (SSSR count). The van der Waals surface area contributed by atoms with Crippen LogP contribution in [0.2, 0.25) is 0 Å². The topological polar surface area (TPSA) is 36.7 Å². The molecule has 0 unspecified atom stereocenters. The van der Waals surface area contributed by atoms with Gasteiger partial charge in [0, 0.05) is 10.8 Å². The van der Waals surface area contributed by atoms with Crippen LogP contribution in [-0.4, -0.2) is 4.98 Å². The number of nitrogens with zero attached hydrogens (tertiary/aromatic N) is 2. The molecule has 0 radical (unpaired) electrons. The highest BCUT2D eigenvalue weighted by molar-refractivity contribution is 8.93. The Hall–Kier alpha value is -0.400. The molecule has 1 heterocycles. The van der Waals surface area contributed by atoms with E-state index in [1.54, 1.807) is 11.3 Å². The average Bonchev–Trinajstić information content (AvgIpc) is 2.77. The van der Waals surface area contributed by atoms with Crippen molar-refractivity contribution in [3.8, 4) is 6.07 Å². The van der Waals surface area contributed by atoms with Crippen molar-refractivity contribution in [1.29, 1.82) is 5.26 Å². The Balaban J connectivity index is 0.00000110. The third-order valence-electron chi connectivity index (χ3n) is 5.36. The number of aromatic nitrogens is 1. The minimum atomic E-state index is 0. The molecular formula is C15H19BrN2S. The summed E-state index contributed by atoms with van der Waals surface area (Å²) in [6.45, 7) is 0. The van der Waals surface area contributed by atoms with Crippen LogP contribution in [0.4, 0.5) is 0 Å². The molecule has 4 fully saturated rings. The van der Waals surface area contributed by atoms with Crippen molar-refractivity contribution in [3.05, 3.63) is 16.1 Å². The maximum atomic E-state index is 8.78. The summed E-state index contributed by atoms with van der Waals surface area (Å²) in [6.07, 6.45) is 9.03. The van der Waals surface area contributed by atoms with Crippen LogP contribution in [-0.2, 0) is 11.8 Å². The quantitative estimate of drug-likeness (QED) is 0.807. The van der Waals surface area contributed by atoms with Gasteiger partial charge in [-0.2, -0.15) is 5.26 Å². The molecule has 0 aromatic carbocycles. The Morgan fingerprint density at radius 1 is 1.21 bits per heavy atom. The molecule has 0 saturated heterocycles. The maximum Gasteiger partial charge on any atom is 0.107 e. The van der Waals surface area contributed by atoms with Crippen LogP contribution in [0.3, 0.4) is 0 Å². The summed E-state index contributed by atoms with van der Waals surface area (Å²) in [6, 6.07) is 2.22. The van der Waals surface area contributed by atoms with Crippen molar-refractivity contribution in [2.24, 2.45) is 17.8 Å². The summed E-state index contributed by atoms with van der Waals surface area (Å²) in [5.74, 6) is 2.91. The summed E-state index contributed by atoms with van der Waals surface area (Å²) in [7, 11) is 0. The van der Waals surface area contributed by atoms with E-state index in [1.165, 1.54) is 44.2 Å². The summed E-state index contributed by atoms with van der Waals surface area (Å²) < 4.78 is 0. The first-order chi connectivity index (χ1) is 8.77. The van der Waals surface area contributed by atoms with Gasteiger partial charge in [-0.05, 0) is 56.3 Å². The molecule has 4 saturated carbocycles. The molecular weight excluding hydrogens is 320 g/mol. The molecule has 19 heavy (non-hydrogen) atoms. The fraction of sp³-hybridized carbons (Fsp3) is 0.733. The largest absolute Gasteiger partial charge is 0.245 e. The van der Waals surface area contributed by atoms with Crippen molar-refractivity contribution in [3.63, 3.8) is 0 Å². The van der Waals surface area contributed by atoms with E-state index in [0.717, 1.165) is 22.8 Å². The zero-order valence-corrected chi connectivity index (χ0v) is 13.5. The van der Waals surface area contributed by atoms with E-state index in [9.17, 15) is 0 Å². The average molecular weight is 339 g/mol. The molecule has 4 aliphatic carbocycles. The van der Waals surface area contributed by atoms with Gasteiger partial charge in [0.05, 0.1) is 18.2 Å². The van der Waals surface area contributed by atoms with Crippen LogP contribution in [0.25, 0.3) is 0 Å². The van der Waals surface area contributed by atoms with Crippen LogP contribution < -0.4 is 0 Å². The van der Waals surface area contributed by atoms with Gasteiger partial charge in [0.1, 0.15) is 5.01 Å². The van der Waals surface area contributed by atoms with Gasteiger partial charge in [-0.25, -0.2) is 4.98 Å². The van der Waals surface area contributed by atoms with Gasteiger partial charge in [-0.1, -0.05) is 0 Å². The normalized spacial score (nSPS) is 38.8. The van der Waals surface area contributed by atoms with Gasteiger partial charge < -0.3 is 0 Å². The second kappa shape index (κ2) is 4.86. The first kappa shape index (κ1) is 13.6. The standard InChI is InChI=1S/C15H18N2S.BrH/c16-2-1-14-17-13(9-18-14)15-6-10-3-11(7-15)5-12(4-10)8-15;/h9-12H,1,3-8H2;1H. The molecule has 0 aliphatic heterocycles. The molecule has 0 amide bonds. The second-order valence-corrected chi connectivity index (χ2v) is 7.60. The van der Waals surface area contributed by atoms with Crippen LogP contribution >= 0.6 is 28.3 Å². The highest BCUT2D eigenvalue weighted by Crippen LogP contribution is 2.60. The predicted octanol–water partition coefficient (Wildman–Crippen LogP) is 4.25. The monoisotopic (exact) mass is 338 g/mol. The van der Waals surface area contributed by atoms with Gasteiger partial charge in [-0.3, -0.25) is 0 Å². The number of nitriles is 1. The number of hydrogen-bond acceptors (Lipinski definition) is 3. The van der Waals surface area contributed by atoms with E-state index in [-0.39, 0.29) is 17.0 Å². The minimum absolute atomic E-state index is 0. The molecule has 4 aliphatic rings. The van der Waals surface area contributed by atoms with E-state index < -0.39 is 0 Å². The molecule has 1 aromatic rings. The fourth-order valence-electron chi connectivity index (χ4n) is 5.13. The van der Waals surface area contributed by atoms with Crippen LogP contribution in [0.1, 0.15) is 49.2 Å². The molecule has 1 aromatic heterocycles. The van der Waals surface area contributed by atoms with Crippen molar-refractivity contribution >= 4 is 28.3 Å². The number of halogens is 1. The summed E-state index contributed by atoms with van der Waals surface area (Å²) in [5.41, 5.74) is 1.73. The fourth-order valence-corrected chi connectivity index (χ4v) is 5.98. The van der Waals surface area contributed by atoms with Crippen LogP contribution in [0.5, 0.6) is 0 Å². The highest BCUT2D eigenvalue weighted by atomic mass is 79.9. The third kappa shape index (κ3) is 2.15. The summed E-state index contributed by atoms with van der Waals surface area (Å²) in [5, 5.41) is 12.0. The lowest BCUT2D eigenvalue weighted by molar-refractivity contribution is -0.00697. The zero-order valence-electron chi connectivity index (χ0n) is 11.0. The zero-order chi connectivity index (χ0) is 12.2. The van der Waals surface area contributed by atoms with Crippen molar-refractivity contribution in [2.75, 3.05) is 0 Å².